The normalized spacial score (nSPS) is 10.3. The Hall–Kier alpha value is -1.03. The van der Waals surface area contributed by atoms with Gasteiger partial charge in [-0.15, -0.1) is 11.6 Å². The predicted molar refractivity (Wildman–Crippen MR) is 88.0 cm³/mol. The number of alkyl halides is 1. The highest BCUT2D eigenvalue weighted by Crippen LogP contribution is 2.22. The second-order valence-electron chi connectivity index (χ2n) is 4.21. The average Bonchev–Trinajstić information content (AvgIpc) is 2.41. The molecule has 0 saturated heterocycles. The molecule has 0 aliphatic carbocycles. The van der Waals surface area contributed by atoms with Crippen LogP contribution in [0.5, 0.6) is 0 Å². The highest BCUT2D eigenvalue weighted by atomic mass is 79.9. The SMILES string of the molecule is O=C(Nc1ccc(CCCl)cc1)c1ccc(Br)cc1Cl. The number of amides is 1. The number of rotatable bonds is 4. The Balaban J connectivity index is 2.11. The van der Waals surface area contributed by atoms with Crippen LogP contribution in [0.1, 0.15) is 15.9 Å². The van der Waals surface area contributed by atoms with E-state index in [1.807, 2.05) is 24.3 Å². The minimum Gasteiger partial charge on any atom is -0.322 e. The lowest BCUT2D eigenvalue weighted by atomic mass is 10.1. The Kier molecular flexibility index (Phi) is 5.46. The summed E-state index contributed by atoms with van der Waals surface area (Å²) in [7, 11) is 0. The molecule has 0 radical (unpaired) electrons. The summed E-state index contributed by atoms with van der Waals surface area (Å²) >= 11 is 15.0. The van der Waals surface area contributed by atoms with Crippen molar-refractivity contribution in [3.63, 3.8) is 0 Å². The van der Waals surface area contributed by atoms with Gasteiger partial charge in [-0.1, -0.05) is 39.7 Å². The number of carbonyl (C=O) groups is 1. The molecular formula is C15H12BrCl2NO. The first-order chi connectivity index (χ1) is 9.60. The molecule has 0 saturated carbocycles. The summed E-state index contributed by atoms with van der Waals surface area (Å²) < 4.78 is 0.837. The molecule has 2 nitrogen and oxygen atoms in total. The van der Waals surface area contributed by atoms with Gasteiger partial charge >= 0.3 is 0 Å². The molecule has 2 rings (SSSR count). The van der Waals surface area contributed by atoms with E-state index in [0.29, 0.717) is 16.5 Å². The third kappa shape index (κ3) is 3.98. The molecule has 0 aliphatic heterocycles. The van der Waals surface area contributed by atoms with Crippen molar-refractivity contribution in [3.8, 4) is 0 Å². The van der Waals surface area contributed by atoms with Gasteiger partial charge in [0.1, 0.15) is 0 Å². The summed E-state index contributed by atoms with van der Waals surface area (Å²) in [6.45, 7) is 0. The lowest BCUT2D eigenvalue weighted by molar-refractivity contribution is 0.102. The molecule has 5 heteroatoms. The molecule has 0 bridgehead atoms. The second kappa shape index (κ2) is 7.11. The number of aryl methyl sites for hydroxylation is 1. The van der Waals surface area contributed by atoms with Gasteiger partial charge in [0, 0.05) is 16.0 Å². The topological polar surface area (TPSA) is 29.1 Å². The van der Waals surface area contributed by atoms with Crippen LogP contribution in [0.25, 0.3) is 0 Å². The van der Waals surface area contributed by atoms with E-state index in [2.05, 4.69) is 21.2 Å². The second-order valence-corrected chi connectivity index (χ2v) is 5.92. The van der Waals surface area contributed by atoms with Crippen molar-refractivity contribution in [2.45, 2.75) is 6.42 Å². The molecule has 0 spiro atoms. The minimum atomic E-state index is -0.229. The van der Waals surface area contributed by atoms with E-state index in [0.717, 1.165) is 22.1 Å². The summed E-state index contributed by atoms with van der Waals surface area (Å²) in [5.74, 6) is 0.354. The van der Waals surface area contributed by atoms with E-state index in [4.69, 9.17) is 23.2 Å². The van der Waals surface area contributed by atoms with E-state index >= 15 is 0 Å². The van der Waals surface area contributed by atoms with Crippen molar-refractivity contribution in [1.82, 2.24) is 0 Å². The zero-order valence-electron chi connectivity index (χ0n) is 10.5. The van der Waals surface area contributed by atoms with Crippen molar-refractivity contribution in [1.29, 1.82) is 0 Å². The van der Waals surface area contributed by atoms with Crippen LogP contribution in [0.4, 0.5) is 5.69 Å². The number of benzene rings is 2. The number of anilines is 1. The Morgan fingerprint density at radius 3 is 2.45 bits per heavy atom. The van der Waals surface area contributed by atoms with Gasteiger partial charge in [-0.05, 0) is 42.3 Å². The molecule has 0 atom stereocenters. The van der Waals surface area contributed by atoms with E-state index in [1.54, 1.807) is 18.2 Å². The highest BCUT2D eigenvalue weighted by molar-refractivity contribution is 9.10. The smallest absolute Gasteiger partial charge is 0.257 e. The van der Waals surface area contributed by atoms with Crippen molar-refractivity contribution < 1.29 is 4.79 Å². The number of halogens is 3. The first-order valence-corrected chi connectivity index (χ1v) is 7.72. The molecule has 2 aromatic carbocycles. The van der Waals surface area contributed by atoms with E-state index < -0.39 is 0 Å². The molecule has 1 amide bonds. The van der Waals surface area contributed by atoms with Crippen LogP contribution in [-0.2, 0) is 6.42 Å². The van der Waals surface area contributed by atoms with Gasteiger partial charge in [0.05, 0.1) is 10.6 Å². The summed E-state index contributed by atoms with van der Waals surface area (Å²) in [6, 6.07) is 12.8. The number of nitrogens with one attached hydrogen (secondary N) is 1. The number of hydrogen-bond donors (Lipinski definition) is 1. The number of carbonyl (C=O) groups excluding carboxylic acids is 1. The molecule has 2 aromatic rings. The zero-order valence-corrected chi connectivity index (χ0v) is 13.6. The molecule has 104 valence electrons. The van der Waals surface area contributed by atoms with E-state index in [-0.39, 0.29) is 5.91 Å². The van der Waals surface area contributed by atoms with Crippen LogP contribution in [0.3, 0.4) is 0 Å². The number of hydrogen-bond acceptors (Lipinski definition) is 1. The fraction of sp³-hybridized carbons (Fsp3) is 0.133. The van der Waals surface area contributed by atoms with Crippen molar-refractivity contribution >= 4 is 50.7 Å². The van der Waals surface area contributed by atoms with Crippen molar-refractivity contribution in [2.24, 2.45) is 0 Å². The quantitative estimate of drug-likeness (QED) is 0.740. The zero-order chi connectivity index (χ0) is 14.5. The average molecular weight is 373 g/mol. The van der Waals surface area contributed by atoms with Crippen molar-refractivity contribution in [3.05, 3.63) is 63.1 Å². The minimum absolute atomic E-state index is 0.229. The Morgan fingerprint density at radius 1 is 1.15 bits per heavy atom. The third-order valence-corrected chi connectivity index (χ3v) is 3.77. The largest absolute Gasteiger partial charge is 0.322 e. The van der Waals surface area contributed by atoms with E-state index in [9.17, 15) is 4.79 Å². The van der Waals surface area contributed by atoms with Crippen LogP contribution in [0.2, 0.25) is 5.02 Å². The summed E-state index contributed by atoms with van der Waals surface area (Å²) in [4.78, 5) is 12.1. The van der Waals surface area contributed by atoms with Crippen LogP contribution in [-0.4, -0.2) is 11.8 Å². The fourth-order valence-electron chi connectivity index (χ4n) is 1.74. The van der Waals surface area contributed by atoms with Gasteiger partial charge in [-0.2, -0.15) is 0 Å². The van der Waals surface area contributed by atoms with Crippen LogP contribution in [0, 0.1) is 0 Å². The summed E-state index contributed by atoms with van der Waals surface area (Å²) in [6.07, 6.45) is 0.814. The highest BCUT2D eigenvalue weighted by Gasteiger charge is 2.10. The van der Waals surface area contributed by atoms with Gasteiger partial charge in [0.2, 0.25) is 0 Å². The maximum Gasteiger partial charge on any atom is 0.257 e. The molecule has 0 unspecified atom stereocenters. The molecular weight excluding hydrogens is 361 g/mol. The molecule has 0 fully saturated rings. The maximum atomic E-state index is 12.1. The Morgan fingerprint density at radius 2 is 1.85 bits per heavy atom. The molecule has 20 heavy (non-hydrogen) atoms. The van der Waals surface area contributed by atoms with Crippen LogP contribution in [0.15, 0.2) is 46.9 Å². The third-order valence-electron chi connectivity index (χ3n) is 2.77. The van der Waals surface area contributed by atoms with E-state index in [1.165, 1.54) is 0 Å². The Bertz CT molecular complexity index is 614. The van der Waals surface area contributed by atoms with Gasteiger partial charge in [-0.3, -0.25) is 4.79 Å². The monoisotopic (exact) mass is 371 g/mol. The predicted octanol–water partition coefficient (Wildman–Crippen LogP) is 5.14. The maximum absolute atomic E-state index is 12.1. The lowest BCUT2D eigenvalue weighted by Crippen LogP contribution is -2.12. The standard InChI is InChI=1S/C15H12BrCl2NO/c16-11-3-6-13(14(18)9-11)15(20)19-12-4-1-10(2-5-12)7-8-17/h1-6,9H,7-8H2,(H,19,20). The van der Waals surface area contributed by atoms with Gasteiger partial charge < -0.3 is 5.32 Å². The first kappa shape index (κ1) is 15.4. The van der Waals surface area contributed by atoms with Crippen LogP contribution >= 0.6 is 39.1 Å². The fourth-order valence-corrected chi connectivity index (χ4v) is 2.71. The van der Waals surface area contributed by atoms with Crippen LogP contribution < -0.4 is 5.32 Å². The molecule has 1 N–H and O–H groups in total. The summed E-state index contributed by atoms with van der Waals surface area (Å²) in [5, 5.41) is 3.23. The lowest BCUT2D eigenvalue weighted by Gasteiger charge is -2.08. The molecule has 0 heterocycles. The van der Waals surface area contributed by atoms with Crippen molar-refractivity contribution in [2.75, 3.05) is 11.2 Å². The Labute approximate surface area is 136 Å². The summed E-state index contributed by atoms with van der Waals surface area (Å²) in [5.41, 5.74) is 2.31. The van der Waals surface area contributed by atoms with Gasteiger partial charge in [0.25, 0.3) is 5.91 Å². The van der Waals surface area contributed by atoms with Gasteiger partial charge in [-0.25, -0.2) is 0 Å². The van der Waals surface area contributed by atoms with Gasteiger partial charge in [0.15, 0.2) is 0 Å². The molecule has 0 aliphatic rings. The molecule has 0 aromatic heterocycles. The first-order valence-electron chi connectivity index (χ1n) is 6.01.